The first kappa shape index (κ1) is 13.7. The van der Waals surface area contributed by atoms with Crippen LogP contribution in [0.4, 0.5) is 0 Å². The average Bonchev–Trinajstić information content (AvgIpc) is 3.01. The van der Waals surface area contributed by atoms with Gasteiger partial charge < -0.3 is 9.32 Å². The average molecular weight is 268 g/mol. The minimum Gasteiger partial charge on any atom is -0.456 e. The van der Waals surface area contributed by atoms with Crippen LogP contribution in [0.5, 0.6) is 0 Å². The molecule has 100 valence electrons. The summed E-state index contributed by atoms with van der Waals surface area (Å²) < 4.78 is 5.08. The predicted molar refractivity (Wildman–Crippen MR) is 77.6 cm³/mol. The summed E-state index contributed by atoms with van der Waals surface area (Å²) >= 11 is 5.64. The summed E-state index contributed by atoms with van der Waals surface area (Å²) in [5.41, 5.74) is 1.63. The second-order valence-corrected chi connectivity index (χ2v) is 5.29. The summed E-state index contributed by atoms with van der Waals surface area (Å²) in [6.07, 6.45) is 5.65. The van der Waals surface area contributed by atoms with E-state index in [1.54, 1.807) is 6.07 Å². The molecule has 0 aliphatic carbocycles. The van der Waals surface area contributed by atoms with E-state index in [1.807, 2.05) is 12.1 Å². The lowest BCUT2D eigenvalue weighted by molar-refractivity contribution is 0.152. The van der Waals surface area contributed by atoms with Crippen molar-refractivity contribution in [2.45, 2.75) is 45.6 Å². The lowest BCUT2D eigenvalue weighted by Crippen LogP contribution is -2.38. The molecule has 1 aliphatic heterocycles. The van der Waals surface area contributed by atoms with Crippen molar-refractivity contribution >= 4 is 22.8 Å². The van der Waals surface area contributed by atoms with Crippen LogP contribution in [0.25, 0.3) is 11.2 Å². The molecule has 1 aliphatic rings. The molecule has 0 radical (unpaired) electrons. The van der Waals surface area contributed by atoms with Crippen LogP contribution in [0.15, 0.2) is 22.6 Å². The van der Waals surface area contributed by atoms with Gasteiger partial charge in [0.2, 0.25) is 0 Å². The molecule has 1 atom stereocenters. The number of piperidine rings is 1. The van der Waals surface area contributed by atoms with Gasteiger partial charge >= 0.3 is 0 Å². The summed E-state index contributed by atoms with van der Waals surface area (Å²) in [7, 11) is 0. The Morgan fingerprint density at radius 3 is 2.56 bits per heavy atom. The molecule has 1 saturated heterocycles. The molecule has 2 bridgehead atoms. The molecule has 0 aromatic carbocycles. The molecule has 2 aromatic rings. The van der Waals surface area contributed by atoms with Crippen molar-refractivity contribution in [3.05, 3.63) is 23.2 Å². The van der Waals surface area contributed by atoms with E-state index in [0.717, 1.165) is 17.2 Å². The van der Waals surface area contributed by atoms with Gasteiger partial charge in [-0.3, -0.25) is 0 Å². The summed E-state index contributed by atoms with van der Waals surface area (Å²) in [5.74, 6) is 0. The molecule has 0 saturated carbocycles. The first-order chi connectivity index (χ1) is 8.74. The fourth-order valence-corrected chi connectivity index (χ4v) is 2.90. The topological polar surface area (TPSA) is 16.4 Å². The smallest absolute Gasteiger partial charge is 0.146 e. The first-order valence-electron chi connectivity index (χ1n) is 6.96. The number of rotatable bonds is 2. The highest BCUT2D eigenvalue weighted by Crippen LogP contribution is 2.25. The molecule has 2 nitrogen and oxygen atoms in total. The molecule has 0 spiro atoms. The Balaban J connectivity index is 0.000000136. The van der Waals surface area contributed by atoms with Gasteiger partial charge in [0, 0.05) is 12.1 Å². The zero-order valence-electron chi connectivity index (χ0n) is 11.3. The molecule has 3 heterocycles. The van der Waals surface area contributed by atoms with Crippen molar-refractivity contribution in [3.8, 4) is 0 Å². The third kappa shape index (κ3) is 3.18. The van der Waals surface area contributed by atoms with E-state index in [9.17, 15) is 0 Å². The lowest BCUT2D eigenvalue weighted by Gasteiger charge is -2.34. The number of likely N-dealkylation sites (tertiary alicyclic amines) is 1. The van der Waals surface area contributed by atoms with Crippen molar-refractivity contribution in [2.75, 3.05) is 13.1 Å². The highest BCUT2D eigenvalue weighted by atomic mass is 35.5. The maximum absolute atomic E-state index is 5.64. The number of furan rings is 2. The molecule has 3 rings (SSSR count). The molecule has 2 aromatic heterocycles. The minimum atomic E-state index is 0.711. The summed E-state index contributed by atoms with van der Waals surface area (Å²) in [4.78, 5) is 2.61. The van der Waals surface area contributed by atoms with Crippen LogP contribution in [-0.2, 0) is 0 Å². The highest BCUT2D eigenvalue weighted by Gasteiger charge is 2.18. The van der Waals surface area contributed by atoms with E-state index >= 15 is 0 Å². The molecule has 1 fully saturated rings. The third-order valence-corrected chi connectivity index (χ3v) is 4.05. The highest BCUT2D eigenvalue weighted by molar-refractivity contribution is 6.34. The van der Waals surface area contributed by atoms with E-state index in [0.29, 0.717) is 5.02 Å². The maximum Gasteiger partial charge on any atom is 0.146 e. The quantitative estimate of drug-likeness (QED) is 0.777. The van der Waals surface area contributed by atoms with Gasteiger partial charge in [-0.15, -0.1) is 0 Å². The largest absolute Gasteiger partial charge is 0.456 e. The van der Waals surface area contributed by atoms with E-state index in [2.05, 4.69) is 18.7 Å². The van der Waals surface area contributed by atoms with Crippen molar-refractivity contribution in [1.82, 2.24) is 4.90 Å². The molecular formula is C15H22ClNO. The third-order valence-electron chi connectivity index (χ3n) is 3.76. The van der Waals surface area contributed by atoms with E-state index < -0.39 is 0 Å². The van der Waals surface area contributed by atoms with Gasteiger partial charge in [-0.25, -0.2) is 0 Å². The maximum atomic E-state index is 5.64. The Bertz CT molecular complexity index is 441. The molecule has 1 unspecified atom stereocenters. The number of nitrogens with zero attached hydrogens (tertiary/aromatic N) is 1. The SMILES string of the molecule is CCC1CCCCN1CC.Clc1cc2ccc1o2. The van der Waals surface area contributed by atoms with E-state index in [-0.39, 0.29) is 0 Å². The Hall–Kier alpha value is -0.730. The zero-order valence-corrected chi connectivity index (χ0v) is 12.0. The Kier molecular flexibility index (Phi) is 4.90. The number of fused-ring (bicyclic) bond motifs is 2. The summed E-state index contributed by atoms with van der Waals surface area (Å²) in [6, 6.07) is 6.45. The fourth-order valence-electron chi connectivity index (χ4n) is 2.69. The van der Waals surface area contributed by atoms with Crippen LogP contribution in [0.3, 0.4) is 0 Å². The van der Waals surface area contributed by atoms with Gasteiger partial charge in [0.1, 0.15) is 11.2 Å². The van der Waals surface area contributed by atoms with Crippen molar-refractivity contribution < 1.29 is 4.42 Å². The van der Waals surface area contributed by atoms with E-state index in [4.69, 9.17) is 16.0 Å². The van der Waals surface area contributed by atoms with Gasteiger partial charge in [0.05, 0.1) is 5.02 Å². The second-order valence-electron chi connectivity index (χ2n) is 4.88. The lowest BCUT2D eigenvalue weighted by atomic mass is 10.0. The van der Waals surface area contributed by atoms with Gasteiger partial charge in [0.15, 0.2) is 0 Å². The van der Waals surface area contributed by atoms with Crippen LogP contribution in [-0.4, -0.2) is 24.0 Å². The Labute approximate surface area is 114 Å². The van der Waals surface area contributed by atoms with Crippen LogP contribution in [0, 0.1) is 0 Å². The predicted octanol–water partition coefficient (Wildman–Crippen LogP) is 4.79. The Morgan fingerprint density at radius 2 is 2.17 bits per heavy atom. The van der Waals surface area contributed by atoms with Gasteiger partial charge in [-0.1, -0.05) is 31.9 Å². The number of hydrogen-bond donors (Lipinski definition) is 0. The van der Waals surface area contributed by atoms with E-state index in [1.165, 1.54) is 38.8 Å². The first-order valence-corrected chi connectivity index (χ1v) is 7.33. The normalized spacial score (nSPS) is 20.9. The second kappa shape index (κ2) is 6.44. The fraction of sp³-hybridized carbons (Fsp3) is 0.600. The van der Waals surface area contributed by atoms with Crippen molar-refractivity contribution in [1.29, 1.82) is 0 Å². The standard InChI is InChI=1S/C9H19N.C6H3ClO/c1-3-9-7-5-6-8-10(9)4-2;7-5-3-4-1-2-6(5)8-4/h9H,3-8H2,1-2H3;1-3H. The van der Waals surface area contributed by atoms with Crippen LogP contribution in [0.2, 0.25) is 5.02 Å². The molecule has 18 heavy (non-hydrogen) atoms. The molecule has 0 N–H and O–H groups in total. The van der Waals surface area contributed by atoms with Crippen LogP contribution in [0.1, 0.15) is 39.5 Å². The summed E-state index contributed by atoms with van der Waals surface area (Å²) in [5, 5.41) is 0.711. The number of halogens is 1. The van der Waals surface area contributed by atoms with Gasteiger partial charge in [-0.05, 0) is 44.5 Å². The van der Waals surface area contributed by atoms with Crippen LogP contribution >= 0.6 is 11.6 Å². The van der Waals surface area contributed by atoms with Gasteiger partial charge in [-0.2, -0.15) is 0 Å². The molecular weight excluding hydrogens is 246 g/mol. The Morgan fingerprint density at radius 1 is 1.33 bits per heavy atom. The monoisotopic (exact) mass is 267 g/mol. The zero-order chi connectivity index (χ0) is 13.0. The summed E-state index contributed by atoms with van der Waals surface area (Å²) in [6.45, 7) is 7.17. The van der Waals surface area contributed by atoms with Crippen LogP contribution < -0.4 is 0 Å². The van der Waals surface area contributed by atoms with Crippen molar-refractivity contribution in [3.63, 3.8) is 0 Å². The van der Waals surface area contributed by atoms with Crippen molar-refractivity contribution in [2.24, 2.45) is 0 Å². The number of hydrogen-bond acceptors (Lipinski definition) is 2. The molecule has 3 heteroatoms. The van der Waals surface area contributed by atoms with Gasteiger partial charge in [0.25, 0.3) is 0 Å². The molecule has 0 amide bonds. The number of benzene rings is 1. The minimum absolute atomic E-state index is 0.711.